The van der Waals surface area contributed by atoms with Gasteiger partial charge in [-0.05, 0) is 20.8 Å². The number of rotatable bonds is 6. The molecule has 0 saturated carbocycles. The summed E-state index contributed by atoms with van der Waals surface area (Å²) in [7, 11) is 2.97. The second-order valence-corrected chi connectivity index (χ2v) is 5.25. The van der Waals surface area contributed by atoms with E-state index >= 15 is 0 Å². The molecule has 0 unspecified atom stereocenters. The maximum absolute atomic E-state index is 11.8. The third-order valence-corrected chi connectivity index (χ3v) is 2.36. The van der Waals surface area contributed by atoms with Gasteiger partial charge in [0.2, 0.25) is 23.6 Å². The van der Waals surface area contributed by atoms with E-state index in [-0.39, 0.29) is 17.4 Å². The lowest BCUT2D eigenvalue weighted by atomic mass is 10.1. The van der Waals surface area contributed by atoms with Gasteiger partial charge in [0, 0.05) is 18.5 Å². The molecule has 1 amide bonds. The van der Waals surface area contributed by atoms with Crippen molar-refractivity contribution in [3.63, 3.8) is 0 Å². The fourth-order valence-corrected chi connectivity index (χ4v) is 1.41. The number of aromatic nitrogens is 2. The molecule has 1 heterocycles. The maximum atomic E-state index is 11.8. The Balaban J connectivity index is 2.57. The highest BCUT2D eigenvalue weighted by atomic mass is 16.5. The molecule has 0 spiro atoms. The second-order valence-electron chi connectivity index (χ2n) is 5.25. The van der Waals surface area contributed by atoms with Crippen molar-refractivity contribution in [1.29, 1.82) is 0 Å². The average molecular weight is 282 g/mol. The number of anilines is 1. The minimum absolute atomic E-state index is 0.0179. The molecule has 0 atom stereocenters. The summed E-state index contributed by atoms with van der Waals surface area (Å²) in [5, 5.41) is 5.85. The third-order valence-electron chi connectivity index (χ3n) is 2.36. The van der Waals surface area contributed by atoms with Crippen LogP contribution < -0.4 is 20.1 Å². The number of methoxy groups -OCH3 is 2. The third kappa shape index (κ3) is 5.83. The number of amides is 1. The van der Waals surface area contributed by atoms with E-state index in [0.717, 1.165) is 0 Å². The Morgan fingerprint density at radius 3 is 2.20 bits per heavy atom. The minimum Gasteiger partial charge on any atom is -0.481 e. The van der Waals surface area contributed by atoms with Gasteiger partial charge in [-0.2, -0.15) is 9.97 Å². The molecule has 0 bridgehead atoms. The van der Waals surface area contributed by atoms with E-state index in [1.54, 1.807) is 0 Å². The highest BCUT2D eigenvalue weighted by Crippen LogP contribution is 2.17. The summed E-state index contributed by atoms with van der Waals surface area (Å²) in [5.41, 5.74) is -0.0179. The monoisotopic (exact) mass is 282 g/mol. The fraction of sp³-hybridized carbons (Fsp3) is 0.615. The molecule has 0 saturated heterocycles. The smallest absolute Gasteiger partial charge is 0.236 e. The average Bonchev–Trinajstić information content (AvgIpc) is 2.36. The van der Waals surface area contributed by atoms with Crippen molar-refractivity contribution < 1.29 is 14.3 Å². The lowest BCUT2D eigenvalue weighted by Crippen LogP contribution is -2.37. The molecule has 0 aliphatic carbocycles. The Kier molecular flexibility index (Phi) is 5.69. The molecule has 1 aromatic rings. The Hall–Kier alpha value is -1.89. The van der Waals surface area contributed by atoms with E-state index in [1.807, 2.05) is 20.8 Å². The van der Waals surface area contributed by atoms with Gasteiger partial charge in [-0.1, -0.05) is 0 Å². The molecular formula is C13H22N4O3. The van der Waals surface area contributed by atoms with Crippen LogP contribution in [0.25, 0.3) is 0 Å². The number of carbonyl (C=O) groups is 1. The molecule has 7 nitrogen and oxygen atoms in total. The van der Waals surface area contributed by atoms with Crippen LogP contribution in [0.4, 0.5) is 5.95 Å². The van der Waals surface area contributed by atoms with Crippen molar-refractivity contribution in [1.82, 2.24) is 15.3 Å². The zero-order valence-electron chi connectivity index (χ0n) is 12.6. The van der Waals surface area contributed by atoms with Crippen molar-refractivity contribution in [2.24, 2.45) is 0 Å². The Morgan fingerprint density at radius 2 is 1.75 bits per heavy atom. The topological polar surface area (TPSA) is 85.4 Å². The van der Waals surface area contributed by atoms with Gasteiger partial charge in [-0.25, -0.2) is 0 Å². The lowest BCUT2D eigenvalue weighted by Gasteiger charge is -2.20. The summed E-state index contributed by atoms with van der Waals surface area (Å²) in [4.78, 5) is 19.8. The Labute approximate surface area is 119 Å². The number of hydrogen-bond acceptors (Lipinski definition) is 6. The first-order valence-corrected chi connectivity index (χ1v) is 6.36. The molecule has 0 fully saturated rings. The summed E-state index contributed by atoms with van der Waals surface area (Å²) in [5.74, 6) is 0.666. The van der Waals surface area contributed by atoms with Crippen molar-refractivity contribution in [3.8, 4) is 11.8 Å². The first-order chi connectivity index (χ1) is 9.34. The number of hydrogen-bond donors (Lipinski definition) is 2. The summed E-state index contributed by atoms with van der Waals surface area (Å²) >= 11 is 0. The number of carbonyl (C=O) groups excluding carboxylic acids is 1. The summed E-state index contributed by atoms with van der Waals surface area (Å²) in [6, 6.07) is 1.54. The minimum atomic E-state index is -0.169. The zero-order chi connectivity index (χ0) is 15.2. The quantitative estimate of drug-likeness (QED) is 0.815. The molecule has 20 heavy (non-hydrogen) atoms. The highest BCUT2D eigenvalue weighted by molar-refractivity contribution is 5.89. The van der Waals surface area contributed by atoms with Gasteiger partial charge < -0.3 is 14.8 Å². The molecule has 0 aliphatic heterocycles. The fourth-order valence-electron chi connectivity index (χ4n) is 1.41. The molecule has 0 aliphatic rings. The summed E-state index contributed by atoms with van der Waals surface area (Å²) < 4.78 is 10.0. The summed E-state index contributed by atoms with van der Waals surface area (Å²) in [6.45, 7) is 6.71. The first-order valence-electron chi connectivity index (χ1n) is 6.36. The highest BCUT2D eigenvalue weighted by Gasteiger charge is 2.11. The molecule has 2 N–H and O–H groups in total. The predicted octanol–water partition coefficient (Wildman–Crippen LogP) is 1.21. The molecule has 0 radical (unpaired) electrons. The van der Waals surface area contributed by atoms with Gasteiger partial charge in [0.1, 0.15) is 0 Å². The molecule has 112 valence electrons. The zero-order valence-corrected chi connectivity index (χ0v) is 12.6. The Bertz CT molecular complexity index is 435. The van der Waals surface area contributed by atoms with Crippen LogP contribution in [0, 0.1) is 0 Å². The van der Waals surface area contributed by atoms with E-state index in [0.29, 0.717) is 24.7 Å². The lowest BCUT2D eigenvalue weighted by molar-refractivity contribution is -0.116. The molecule has 7 heteroatoms. The van der Waals surface area contributed by atoms with Crippen molar-refractivity contribution >= 4 is 11.9 Å². The summed E-state index contributed by atoms with van der Waals surface area (Å²) in [6.07, 6.45) is 0.333. The van der Waals surface area contributed by atoms with Crippen LogP contribution in [0.15, 0.2) is 6.07 Å². The van der Waals surface area contributed by atoms with Gasteiger partial charge >= 0.3 is 0 Å². The Morgan fingerprint density at radius 1 is 1.20 bits per heavy atom. The maximum Gasteiger partial charge on any atom is 0.236 e. The second kappa shape index (κ2) is 7.04. The van der Waals surface area contributed by atoms with E-state index < -0.39 is 0 Å². The van der Waals surface area contributed by atoms with Crippen LogP contribution in [-0.4, -0.2) is 42.2 Å². The number of ether oxygens (including phenoxy) is 2. The first kappa shape index (κ1) is 16.2. The van der Waals surface area contributed by atoms with Crippen molar-refractivity contribution in [2.45, 2.75) is 32.7 Å². The largest absolute Gasteiger partial charge is 0.481 e. The molecule has 0 aromatic carbocycles. The number of nitrogens with one attached hydrogen (secondary N) is 2. The molecule has 1 aromatic heterocycles. The SMILES string of the molecule is COc1cc(OC)nc(NC(=O)CCNC(C)(C)C)n1. The van der Waals surface area contributed by atoms with Crippen molar-refractivity contribution in [2.75, 3.05) is 26.1 Å². The van der Waals surface area contributed by atoms with Crippen LogP contribution in [0.2, 0.25) is 0 Å². The van der Waals surface area contributed by atoms with Crippen LogP contribution >= 0.6 is 0 Å². The van der Waals surface area contributed by atoms with E-state index in [9.17, 15) is 4.79 Å². The molecular weight excluding hydrogens is 260 g/mol. The van der Waals surface area contributed by atoms with Crippen molar-refractivity contribution in [3.05, 3.63) is 6.07 Å². The normalized spacial score (nSPS) is 11.1. The van der Waals surface area contributed by atoms with Gasteiger partial charge in [0.15, 0.2) is 0 Å². The van der Waals surface area contributed by atoms with E-state index in [4.69, 9.17) is 9.47 Å². The van der Waals surface area contributed by atoms with Gasteiger partial charge in [0.25, 0.3) is 0 Å². The van der Waals surface area contributed by atoms with Gasteiger partial charge in [-0.15, -0.1) is 0 Å². The molecule has 1 rings (SSSR count). The number of nitrogens with zero attached hydrogens (tertiary/aromatic N) is 2. The predicted molar refractivity (Wildman–Crippen MR) is 76.1 cm³/mol. The van der Waals surface area contributed by atoms with E-state index in [2.05, 4.69) is 20.6 Å². The van der Waals surface area contributed by atoms with Gasteiger partial charge in [0.05, 0.1) is 20.3 Å². The van der Waals surface area contributed by atoms with Crippen LogP contribution in [0.1, 0.15) is 27.2 Å². The van der Waals surface area contributed by atoms with Crippen LogP contribution in [0.5, 0.6) is 11.8 Å². The standard InChI is InChI=1S/C13H22N4O3/c1-13(2,3)14-7-6-9(18)15-12-16-10(19-4)8-11(17-12)20-5/h8,14H,6-7H2,1-5H3,(H,15,16,17,18). The van der Waals surface area contributed by atoms with E-state index in [1.165, 1.54) is 20.3 Å². The van der Waals surface area contributed by atoms with Crippen LogP contribution in [-0.2, 0) is 4.79 Å². The van der Waals surface area contributed by atoms with Crippen LogP contribution in [0.3, 0.4) is 0 Å². The van der Waals surface area contributed by atoms with Gasteiger partial charge in [-0.3, -0.25) is 10.1 Å².